The zero-order valence-corrected chi connectivity index (χ0v) is 17.8. The van der Waals surface area contributed by atoms with Crippen molar-refractivity contribution >= 4 is 11.9 Å². The molecular formula is C23H26N2O6. The van der Waals surface area contributed by atoms with Gasteiger partial charge in [-0.1, -0.05) is 18.2 Å². The largest absolute Gasteiger partial charge is 0.497 e. The fourth-order valence-electron chi connectivity index (χ4n) is 3.55. The molecule has 1 unspecified atom stereocenters. The smallest absolute Gasteiger partial charge is 0.414 e. The van der Waals surface area contributed by atoms with Crippen LogP contribution in [0.4, 0.5) is 0 Å². The lowest BCUT2D eigenvalue weighted by atomic mass is 9.81. The number of benzene rings is 2. The van der Waals surface area contributed by atoms with Gasteiger partial charge in [0.2, 0.25) is 0 Å². The van der Waals surface area contributed by atoms with Gasteiger partial charge in [-0.3, -0.25) is 0 Å². The van der Waals surface area contributed by atoms with Crippen molar-refractivity contribution < 1.29 is 29.3 Å². The molecule has 31 heavy (non-hydrogen) atoms. The zero-order valence-electron chi connectivity index (χ0n) is 17.8. The molecule has 8 nitrogen and oxygen atoms in total. The Labute approximate surface area is 181 Å². The number of methoxy groups -OCH3 is 1. The van der Waals surface area contributed by atoms with Crippen LogP contribution in [0, 0.1) is 11.3 Å². The molecule has 2 aromatic carbocycles. The number of hydrogen-bond donors (Lipinski definition) is 2. The fourth-order valence-corrected chi connectivity index (χ4v) is 3.55. The van der Waals surface area contributed by atoms with E-state index < -0.39 is 17.5 Å². The van der Waals surface area contributed by atoms with E-state index >= 15 is 0 Å². The molecule has 0 aliphatic carbocycles. The predicted octanol–water partition coefficient (Wildman–Crippen LogP) is 2.84. The van der Waals surface area contributed by atoms with Crippen LogP contribution in [-0.4, -0.2) is 54.8 Å². The third kappa shape index (κ3) is 5.81. The van der Waals surface area contributed by atoms with Gasteiger partial charge in [0.1, 0.15) is 11.4 Å². The summed E-state index contributed by atoms with van der Waals surface area (Å²) in [4.78, 5) is 20.4. The Morgan fingerprint density at radius 3 is 2.32 bits per heavy atom. The number of aliphatic carboxylic acids is 2. The van der Waals surface area contributed by atoms with Crippen LogP contribution in [0.5, 0.6) is 5.75 Å². The third-order valence-corrected chi connectivity index (χ3v) is 5.02. The molecule has 0 amide bonds. The van der Waals surface area contributed by atoms with Crippen molar-refractivity contribution in [2.45, 2.75) is 25.0 Å². The maximum Gasteiger partial charge on any atom is 0.414 e. The van der Waals surface area contributed by atoms with Crippen molar-refractivity contribution in [3.8, 4) is 11.8 Å². The van der Waals surface area contributed by atoms with Gasteiger partial charge in [-0.15, -0.1) is 0 Å². The normalized spacial score (nSPS) is 16.6. The highest BCUT2D eigenvalue weighted by Gasteiger charge is 2.41. The minimum atomic E-state index is -1.82. The standard InChI is InChI=1S/C21H24N2O2.C2H2O4/c1-23(2)12-4-11-21(18-6-8-19(24-3)9-7-18)20-10-5-16(14-22)13-17(20)15-25-21;3-1(4)2(5)6/h5-10,13H,4,11-12,15H2,1-3H3;(H,3,4)(H,5,6). The van der Waals surface area contributed by atoms with Gasteiger partial charge in [-0.05, 0) is 74.4 Å². The lowest BCUT2D eigenvalue weighted by Crippen LogP contribution is -2.28. The summed E-state index contributed by atoms with van der Waals surface area (Å²) in [7, 11) is 5.85. The van der Waals surface area contributed by atoms with Crippen molar-refractivity contribution in [2.24, 2.45) is 0 Å². The fraction of sp³-hybridized carbons (Fsp3) is 0.348. The van der Waals surface area contributed by atoms with Crippen LogP contribution in [-0.2, 0) is 26.5 Å². The second kappa shape index (κ2) is 10.6. The summed E-state index contributed by atoms with van der Waals surface area (Å²) in [5.74, 6) is -2.81. The number of carbonyl (C=O) groups is 2. The number of nitriles is 1. The summed E-state index contributed by atoms with van der Waals surface area (Å²) < 4.78 is 11.7. The lowest BCUT2D eigenvalue weighted by molar-refractivity contribution is -0.159. The molecule has 164 valence electrons. The first-order chi connectivity index (χ1) is 14.7. The molecule has 8 heteroatoms. The van der Waals surface area contributed by atoms with E-state index in [1.54, 1.807) is 7.11 Å². The monoisotopic (exact) mass is 426 g/mol. The molecule has 1 aliphatic rings. The van der Waals surface area contributed by atoms with Crippen molar-refractivity contribution in [2.75, 3.05) is 27.7 Å². The Morgan fingerprint density at radius 1 is 1.16 bits per heavy atom. The first-order valence-corrected chi connectivity index (χ1v) is 9.66. The Morgan fingerprint density at radius 2 is 1.81 bits per heavy atom. The average molecular weight is 426 g/mol. The second-order valence-electron chi connectivity index (χ2n) is 7.35. The molecule has 3 rings (SSSR count). The molecule has 1 atom stereocenters. The summed E-state index contributed by atoms with van der Waals surface area (Å²) in [6.07, 6.45) is 1.93. The van der Waals surface area contributed by atoms with E-state index in [1.807, 2.05) is 24.3 Å². The molecular weight excluding hydrogens is 400 g/mol. The number of carboxylic acids is 2. The van der Waals surface area contributed by atoms with Gasteiger partial charge in [-0.25, -0.2) is 9.59 Å². The van der Waals surface area contributed by atoms with Gasteiger partial charge >= 0.3 is 11.9 Å². The molecule has 0 fully saturated rings. The van der Waals surface area contributed by atoms with Crippen LogP contribution in [0.15, 0.2) is 42.5 Å². The molecule has 2 N–H and O–H groups in total. The molecule has 0 radical (unpaired) electrons. The molecule has 2 aromatic rings. The Hall–Kier alpha value is -3.41. The first kappa shape index (κ1) is 23.9. The Kier molecular flexibility index (Phi) is 8.14. The number of rotatable bonds is 6. The number of nitrogens with zero attached hydrogens (tertiary/aromatic N) is 2. The molecule has 0 saturated heterocycles. The quantitative estimate of drug-likeness (QED) is 0.677. The summed E-state index contributed by atoms with van der Waals surface area (Å²) in [6, 6.07) is 16.2. The number of fused-ring (bicyclic) bond motifs is 1. The first-order valence-electron chi connectivity index (χ1n) is 9.66. The minimum absolute atomic E-state index is 0.453. The van der Waals surface area contributed by atoms with Crippen LogP contribution in [0.2, 0.25) is 0 Å². The lowest BCUT2D eigenvalue weighted by Gasteiger charge is -2.31. The van der Waals surface area contributed by atoms with Crippen LogP contribution in [0.25, 0.3) is 0 Å². The topological polar surface area (TPSA) is 120 Å². The van der Waals surface area contributed by atoms with Crippen LogP contribution in [0.1, 0.15) is 35.1 Å². The summed E-state index contributed by atoms with van der Waals surface area (Å²) in [6.45, 7) is 1.55. The van der Waals surface area contributed by atoms with Gasteiger partial charge in [0.25, 0.3) is 0 Å². The molecule has 0 aromatic heterocycles. The highest BCUT2D eigenvalue weighted by molar-refractivity contribution is 6.27. The van der Waals surface area contributed by atoms with Gasteiger partial charge in [-0.2, -0.15) is 5.26 Å². The van der Waals surface area contributed by atoms with Gasteiger partial charge in [0.05, 0.1) is 25.3 Å². The van der Waals surface area contributed by atoms with Gasteiger partial charge in [0.15, 0.2) is 0 Å². The SMILES string of the molecule is COc1ccc(C2(CCCN(C)C)OCc3cc(C#N)ccc32)cc1.O=C(O)C(=O)O. The van der Waals surface area contributed by atoms with E-state index in [0.29, 0.717) is 12.2 Å². The van der Waals surface area contributed by atoms with Crippen molar-refractivity contribution in [1.82, 2.24) is 4.90 Å². The minimum Gasteiger partial charge on any atom is -0.497 e. The van der Waals surface area contributed by atoms with Crippen LogP contribution < -0.4 is 4.74 Å². The molecule has 0 bridgehead atoms. The van der Waals surface area contributed by atoms with Gasteiger partial charge in [0, 0.05) is 0 Å². The Bertz CT molecular complexity index is 953. The Balaban J connectivity index is 0.000000501. The zero-order chi connectivity index (χ0) is 23.0. The van der Waals surface area contributed by atoms with Crippen molar-refractivity contribution in [1.29, 1.82) is 5.26 Å². The molecule has 1 aliphatic heterocycles. The van der Waals surface area contributed by atoms with E-state index in [9.17, 15) is 0 Å². The number of hydrogen-bond acceptors (Lipinski definition) is 6. The van der Waals surface area contributed by atoms with E-state index in [-0.39, 0.29) is 0 Å². The van der Waals surface area contributed by atoms with Crippen LogP contribution in [0.3, 0.4) is 0 Å². The predicted molar refractivity (Wildman–Crippen MR) is 113 cm³/mol. The van der Waals surface area contributed by atoms with E-state index in [2.05, 4.69) is 43.3 Å². The molecule has 0 saturated carbocycles. The van der Waals surface area contributed by atoms with Crippen molar-refractivity contribution in [3.05, 3.63) is 64.7 Å². The van der Waals surface area contributed by atoms with Crippen molar-refractivity contribution in [3.63, 3.8) is 0 Å². The van der Waals surface area contributed by atoms with E-state index in [4.69, 9.17) is 34.5 Å². The summed E-state index contributed by atoms with van der Waals surface area (Å²) in [5.41, 5.74) is 3.65. The number of carboxylic acid groups (broad SMARTS) is 2. The van der Waals surface area contributed by atoms with E-state index in [0.717, 1.165) is 36.3 Å². The maximum absolute atomic E-state index is 9.17. The highest BCUT2D eigenvalue weighted by atomic mass is 16.5. The molecule has 1 heterocycles. The number of ether oxygens (including phenoxy) is 2. The second-order valence-corrected chi connectivity index (χ2v) is 7.35. The maximum atomic E-state index is 9.17. The third-order valence-electron chi connectivity index (χ3n) is 5.02. The van der Waals surface area contributed by atoms with Gasteiger partial charge < -0.3 is 24.6 Å². The van der Waals surface area contributed by atoms with E-state index in [1.165, 1.54) is 5.56 Å². The summed E-state index contributed by atoms with van der Waals surface area (Å²) >= 11 is 0. The average Bonchev–Trinajstić information content (AvgIpc) is 3.12. The molecule has 0 spiro atoms. The van der Waals surface area contributed by atoms with Crippen LogP contribution >= 0.6 is 0 Å². The highest BCUT2D eigenvalue weighted by Crippen LogP contribution is 2.45. The summed E-state index contributed by atoms with van der Waals surface area (Å²) in [5, 5.41) is 23.9.